The minimum atomic E-state index is 0.711. The van der Waals surface area contributed by atoms with Crippen molar-refractivity contribution in [3.05, 3.63) is 45.4 Å². The van der Waals surface area contributed by atoms with Crippen molar-refractivity contribution in [3.63, 3.8) is 0 Å². The van der Waals surface area contributed by atoms with Crippen LogP contribution in [0.4, 0.5) is 0 Å². The zero-order valence-corrected chi connectivity index (χ0v) is 14.0. The van der Waals surface area contributed by atoms with Crippen LogP contribution < -0.4 is 0 Å². The maximum Gasteiger partial charge on any atom is 0.195 e. The second-order valence-corrected chi connectivity index (χ2v) is 6.14. The van der Waals surface area contributed by atoms with Gasteiger partial charge in [-0.3, -0.25) is 5.10 Å². The van der Waals surface area contributed by atoms with Crippen LogP contribution in [0.1, 0.15) is 50.4 Å². The number of H-pyrrole nitrogens is 1. The van der Waals surface area contributed by atoms with E-state index in [-0.39, 0.29) is 0 Å². The Morgan fingerprint density at radius 2 is 2.05 bits per heavy atom. The van der Waals surface area contributed by atoms with Gasteiger partial charge in [-0.05, 0) is 36.3 Å². The topological polar surface area (TPSA) is 33.6 Å². The smallest absolute Gasteiger partial charge is 0.195 e. The quantitative estimate of drug-likeness (QED) is 0.538. The lowest BCUT2D eigenvalue weighted by Crippen LogP contribution is -2.05. The van der Waals surface area contributed by atoms with Gasteiger partial charge in [0.2, 0.25) is 0 Å². The standard InChI is InChI=1S/C16H22ClN3S/c1-2-3-4-5-6-10-20-15(18-19-16(20)21)12-13-8-7-9-14(17)11-13/h7-9,11H,2-6,10,12H2,1H3,(H,19,21). The fourth-order valence-corrected chi connectivity index (χ4v) is 2.87. The molecular formula is C16H22ClN3S. The number of hydrogen-bond donors (Lipinski definition) is 1. The summed E-state index contributed by atoms with van der Waals surface area (Å²) >= 11 is 11.4. The molecule has 0 unspecified atom stereocenters. The monoisotopic (exact) mass is 323 g/mol. The second kappa shape index (κ2) is 8.35. The van der Waals surface area contributed by atoms with Crippen LogP contribution in [-0.4, -0.2) is 14.8 Å². The number of rotatable bonds is 8. The molecule has 0 atom stereocenters. The van der Waals surface area contributed by atoms with Crippen molar-refractivity contribution in [2.75, 3.05) is 0 Å². The summed E-state index contributed by atoms with van der Waals surface area (Å²) in [4.78, 5) is 0. The van der Waals surface area contributed by atoms with Crippen LogP contribution in [0.5, 0.6) is 0 Å². The van der Waals surface area contributed by atoms with Crippen LogP contribution in [0, 0.1) is 4.77 Å². The van der Waals surface area contributed by atoms with Crippen LogP contribution in [-0.2, 0) is 13.0 Å². The summed E-state index contributed by atoms with van der Waals surface area (Å²) in [7, 11) is 0. The van der Waals surface area contributed by atoms with Gasteiger partial charge in [0, 0.05) is 18.0 Å². The number of nitrogens with one attached hydrogen (secondary N) is 1. The average molecular weight is 324 g/mol. The highest BCUT2D eigenvalue weighted by Gasteiger charge is 2.07. The van der Waals surface area contributed by atoms with Gasteiger partial charge in [0.25, 0.3) is 0 Å². The van der Waals surface area contributed by atoms with Gasteiger partial charge in [0.15, 0.2) is 4.77 Å². The number of hydrogen-bond acceptors (Lipinski definition) is 2. The summed E-state index contributed by atoms with van der Waals surface area (Å²) in [6.45, 7) is 3.17. The van der Waals surface area contributed by atoms with Crippen LogP contribution in [0.3, 0.4) is 0 Å². The Hall–Kier alpha value is -1.13. The number of nitrogens with zero attached hydrogens (tertiary/aromatic N) is 2. The summed E-state index contributed by atoms with van der Waals surface area (Å²) in [5.41, 5.74) is 1.16. The minimum absolute atomic E-state index is 0.711. The zero-order valence-electron chi connectivity index (χ0n) is 12.4. The van der Waals surface area contributed by atoms with E-state index in [1.54, 1.807) is 0 Å². The molecule has 0 aliphatic rings. The van der Waals surface area contributed by atoms with E-state index in [1.807, 2.05) is 18.2 Å². The molecule has 0 radical (unpaired) electrons. The first-order valence-corrected chi connectivity index (χ1v) is 8.38. The van der Waals surface area contributed by atoms with Gasteiger partial charge in [0.1, 0.15) is 5.82 Å². The minimum Gasteiger partial charge on any atom is -0.304 e. The van der Waals surface area contributed by atoms with Gasteiger partial charge < -0.3 is 4.57 Å². The van der Waals surface area contributed by atoms with E-state index in [9.17, 15) is 0 Å². The fourth-order valence-electron chi connectivity index (χ4n) is 2.42. The number of aromatic amines is 1. The zero-order chi connectivity index (χ0) is 15.1. The van der Waals surface area contributed by atoms with Crippen LogP contribution in [0.15, 0.2) is 24.3 Å². The van der Waals surface area contributed by atoms with Gasteiger partial charge in [-0.15, -0.1) is 0 Å². The van der Waals surface area contributed by atoms with Gasteiger partial charge in [-0.1, -0.05) is 56.3 Å². The molecule has 0 amide bonds. The molecule has 5 heteroatoms. The molecule has 0 spiro atoms. The van der Waals surface area contributed by atoms with Crippen molar-refractivity contribution in [1.29, 1.82) is 0 Å². The number of benzene rings is 1. The summed E-state index contributed by atoms with van der Waals surface area (Å²) < 4.78 is 2.82. The Morgan fingerprint density at radius 3 is 2.81 bits per heavy atom. The molecule has 3 nitrogen and oxygen atoms in total. The van der Waals surface area contributed by atoms with Crippen molar-refractivity contribution >= 4 is 23.8 Å². The third-order valence-electron chi connectivity index (χ3n) is 3.57. The molecular weight excluding hydrogens is 302 g/mol. The molecule has 1 aromatic carbocycles. The molecule has 2 rings (SSSR count). The lowest BCUT2D eigenvalue weighted by atomic mass is 10.1. The molecule has 0 saturated carbocycles. The van der Waals surface area contributed by atoms with Crippen molar-refractivity contribution in [3.8, 4) is 0 Å². The number of aromatic nitrogens is 3. The normalized spacial score (nSPS) is 11.0. The van der Waals surface area contributed by atoms with Gasteiger partial charge in [-0.2, -0.15) is 5.10 Å². The average Bonchev–Trinajstić information content (AvgIpc) is 2.80. The maximum absolute atomic E-state index is 6.03. The van der Waals surface area contributed by atoms with Gasteiger partial charge in [-0.25, -0.2) is 0 Å². The number of halogens is 1. The van der Waals surface area contributed by atoms with Crippen LogP contribution in [0.25, 0.3) is 0 Å². The maximum atomic E-state index is 6.03. The van der Waals surface area contributed by atoms with E-state index >= 15 is 0 Å². The Morgan fingerprint density at radius 1 is 1.24 bits per heavy atom. The fraction of sp³-hybridized carbons (Fsp3) is 0.500. The highest BCUT2D eigenvalue weighted by Crippen LogP contribution is 2.14. The van der Waals surface area contributed by atoms with E-state index in [0.717, 1.165) is 35.8 Å². The molecule has 1 heterocycles. The van der Waals surface area contributed by atoms with Crippen molar-refractivity contribution < 1.29 is 0 Å². The molecule has 21 heavy (non-hydrogen) atoms. The Labute approximate surface area is 136 Å². The highest BCUT2D eigenvalue weighted by molar-refractivity contribution is 7.71. The van der Waals surface area contributed by atoms with E-state index in [4.69, 9.17) is 23.8 Å². The molecule has 0 fully saturated rings. The summed E-state index contributed by atoms with van der Waals surface area (Å²) in [6, 6.07) is 7.89. The van der Waals surface area contributed by atoms with E-state index in [0.29, 0.717) is 4.77 Å². The third-order valence-corrected chi connectivity index (χ3v) is 4.12. The number of unbranched alkanes of at least 4 members (excludes halogenated alkanes) is 4. The summed E-state index contributed by atoms with van der Waals surface area (Å²) in [6.07, 6.45) is 7.03. The van der Waals surface area contributed by atoms with Crippen molar-refractivity contribution in [2.45, 2.75) is 52.0 Å². The summed E-state index contributed by atoms with van der Waals surface area (Å²) in [5.74, 6) is 0.984. The first-order chi connectivity index (χ1) is 10.2. The Kier molecular flexibility index (Phi) is 6.46. The second-order valence-electron chi connectivity index (χ2n) is 5.32. The molecule has 1 N–H and O–H groups in total. The predicted molar refractivity (Wildman–Crippen MR) is 90.4 cm³/mol. The molecule has 114 valence electrons. The lowest BCUT2D eigenvalue weighted by Gasteiger charge is -2.07. The van der Waals surface area contributed by atoms with Crippen molar-refractivity contribution in [1.82, 2.24) is 14.8 Å². The third kappa shape index (κ3) is 4.97. The largest absolute Gasteiger partial charge is 0.304 e. The van der Waals surface area contributed by atoms with E-state index < -0.39 is 0 Å². The molecule has 0 bridgehead atoms. The van der Waals surface area contributed by atoms with Crippen LogP contribution >= 0.6 is 23.8 Å². The molecule has 0 aliphatic heterocycles. The first kappa shape index (κ1) is 16.2. The van der Waals surface area contributed by atoms with Gasteiger partial charge >= 0.3 is 0 Å². The SMILES string of the molecule is CCCCCCCn1c(Cc2cccc(Cl)c2)n[nH]c1=S. The first-order valence-electron chi connectivity index (χ1n) is 7.59. The highest BCUT2D eigenvalue weighted by atomic mass is 35.5. The van der Waals surface area contributed by atoms with E-state index in [2.05, 4.69) is 27.8 Å². The van der Waals surface area contributed by atoms with E-state index in [1.165, 1.54) is 25.7 Å². The Bertz CT molecular complexity index is 618. The molecule has 0 aliphatic carbocycles. The Balaban J connectivity index is 1.99. The van der Waals surface area contributed by atoms with Gasteiger partial charge in [0.05, 0.1) is 0 Å². The predicted octanol–water partition coefficient (Wildman–Crippen LogP) is 5.16. The molecule has 1 aromatic heterocycles. The van der Waals surface area contributed by atoms with Crippen molar-refractivity contribution in [2.24, 2.45) is 0 Å². The molecule has 0 saturated heterocycles. The van der Waals surface area contributed by atoms with Crippen LogP contribution in [0.2, 0.25) is 5.02 Å². The lowest BCUT2D eigenvalue weighted by molar-refractivity contribution is 0.553. The molecule has 2 aromatic rings. The summed E-state index contributed by atoms with van der Waals surface area (Å²) in [5, 5.41) is 8.02.